The van der Waals surface area contributed by atoms with Gasteiger partial charge in [0.2, 0.25) is 0 Å². The number of hydrogen-bond donors (Lipinski definition) is 4. The van der Waals surface area contributed by atoms with Gasteiger partial charge in [0.05, 0.1) is 35.9 Å². The summed E-state index contributed by atoms with van der Waals surface area (Å²) in [5.41, 5.74) is 6.36. The molecule has 0 saturated carbocycles. The fourth-order valence-corrected chi connectivity index (χ4v) is 5.11. The van der Waals surface area contributed by atoms with Gasteiger partial charge >= 0.3 is 6.18 Å². The van der Waals surface area contributed by atoms with Crippen LogP contribution in [0.2, 0.25) is 0 Å². The molecule has 2 amide bonds. The Bertz CT molecular complexity index is 1760. The van der Waals surface area contributed by atoms with Crippen molar-refractivity contribution in [1.82, 2.24) is 25.0 Å². The maximum Gasteiger partial charge on any atom is 0.420 e. The number of rotatable bonds is 10. The van der Waals surface area contributed by atoms with Crippen molar-refractivity contribution in [2.45, 2.75) is 18.8 Å². The SMILES string of the molecule is COc1ccc(F)cc1C(=O)NCc1ccc(-n2ncc(Nc3ccc(N4CCN(C)CC4)c(C(O)C(F)(F)F)n3)c2C(N)=O)cc1. The summed E-state index contributed by atoms with van der Waals surface area (Å²) in [5, 5.41) is 19.9. The zero-order valence-corrected chi connectivity index (χ0v) is 25.4. The summed E-state index contributed by atoms with van der Waals surface area (Å²) >= 11 is 0. The van der Waals surface area contributed by atoms with Gasteiger partial charge in [-0.1, -0.05) is 12.1 Å². The Kier molecular flexibility index (Phi) is 9.62. The Morgan fingerprint density at radius 2 is 1.77 bits per heavy atom. The second-order valence-electron chi connectivity index (χ2n) is 10.8. The highest BCUT2D eigenvalue weighted by atomic mass is 19.4. The average Bonchev–Trinajstić information content (AvgIpc) is 3.47. The number of hydrogen-bond acceptors (Lipinski definition) is 9. The zero-order valence-electron chi connectivity index (χ0n) is 25.4. The number of methoxy groups -OCH3 is 1. The molecule has 1 unspecified atom stereocenters. The minimum absolute atomic E-state index is 0.0373. The van der Waals surface area contributed by atoms with Crippen LogP contribution in [0.5, 0.6) is 5.75 Å². The topological polar surface area (TPSA) is 151 Å². The van der Waals surface area contributed by atoms with E-state index in [4.69, 9.17) is 10.5 Å². The molecule has 0 bridgehead atoms. The monoisotopic (exact) mass is 656 g/mol. The highest BCUT2D eigenvalue weighted by molar-refractivity contribution is 5.98. The molecule has 2 aromatic heterocycles. The zero-order chi connectivity index (χ0) is 33.9. The van der Waals surface area contributed by atoms with Gasteiger partial charge in [-0.05, 0) is 55.1 Å². The number of benzene rings is 2. The number of piperazine rings is 1. The van der Waals surface area contributed by atoms with Crippen LogP contribution in [0.25, 0.3) is 5.69 Å². The number of pyridine rings is 1. The summed E-state index contributed by atoms with van der Waals surface area (Å²) in [7, 11) is 3.28. The van der Waals surface area contributed by atoms with E-state index in [2.05, 4.69) is 20.7 Å². The standard InChI is InChI=1S/C31H32F4N8O4/c1-41-11-13-42(14-12-41)23-8-10-25(40-26(23)28(44)31(33,34)35)39-22-17-38-43(27(22)29(36)45)20-6-3-18(4-7-20)16-37-30(46)21-15-19(32)5-9-24(21)47-2/h3-10,15,17,28,44H,11-14,16H2,1-2H3,(H2,36,45)(H,37,46)(H,39,40). The van der Waals surface area contributed by atoms with Crippen molar-refractivity contribution < 1.29 is 37.0 Å². The van der Waals surface area contributed by atoms with E-state index in [0.717, 1.165) is 6.07 Å². The van der Waals surface area contributed by atoms with E-state index in [-0.39, 0.29) is 40.7 Å². The molecule has 16 heteroatoms. The predicted molar refractivity (Wildman–Crippen MR) is 164 cm³/mol. The predicted octanol–water partition coefficient (Wildman–Crippen LogP) is 3.54. The van der Waals surface area contributed by atoms with Crippen molar-refractivity contribution >= 4 is 29.0 Å². The number of amides is 2. The molecule has 47 heavy (non-hydrogen) atoms. The van der Waals surface area contributed by atoms with E-state index in [9.17, 15) is 32.3 Å². The summed E-state index contributed by atoms with van der Waals surface area (Å²) in [6.07, 6.45) is -6.52. The van der Waals surface area contributed by atoms with E-state index in [1.54, 1.807) is 29.2 Å². The van der Waals surface area contributed by atoms with E-state index in [1.807, 2.05) is 11.9 Å². The van der Waals surface area contributed by atoms with Crippen LogP contribution in [-0.4, -0.2) is 83.1 Å². The van der Waals surface area contributed by atoms with Gasteiger partial charge in [-0.3, -0.25) is 9.59 Å². The largest absolute Gasteiger partial charge is 0.496 e. The second kappa shape index (κ2) is 13.6. The second-order valence-corrected chi connectivity index (χ2v) is 10.8. The molecule has 0 spiro atoms. The lowest BCUT2D eigenvalue weighted by molar-refractivity contribution is -0.207. The number of nitrogens with one attached hydrogen (secondary N) is 2. The van der Waals surface area contributed by atoms with Gasteiger partial charge in [-0.25, -0.2) is 14.1 Å². The minimum Gasteiger partial charge on any atom is -0.496 e. The third kappa shape index (κ3) is 7.44. The number of primary amides is 1. The maximum absolute atomic E-state index is 13.7. The van der Waals surface area contributed by atoms with Gasteiger partial charge in [0.1, 0.15) is 23.1 Å². The third-order valence-electron chi connectivity index (χ3n) is 7.62. The molecule has 3 heterocycles. The molecule has 1 aliphatic heterocycles. The highest BCUT2D eigenvalue weighted by Gasteiger charge is 2.42. The molecule has 5 N–H and O–H groups in total. The van der Waals surface area contributed by atoms with Crippen LogP contribution in [0.15, 0.2) is 60.8 Å². The van der Waals surface area contributed by atoms with Crippen molar-refractivity contribution in [3.63, 3.8) is 0 Å². The Hall–Kier alpha value is -5.22. The summed E-state index contributed by atoms with van der Waals surface area (Å²) in [4.78, 5) is 33.0. The van der Waals surface area contributed by atoms with Crippen LogP contribution in [0.3, 0.4) is 0 Å². The number of nitrogens with zero attached hydrogens (tertiary/aromatic N) is 5. The van der Waals surface area contributed by atoms with Gasteiger partial charge in [0, 0.05) is 32.7 Å². The van der Waals surface area contributed by atoms with E-state index >= 15 is 0 Å². The Morgan fingerprint density at radius 1 is 1.06 bits per heavy atom. The van der Waals surface area contributed by atoms with Crippen LogP contribution < -0.4 is 26.0 Å². The van der Waals surface area contributed by atoms with Crippen molar-refractivity contribution in [2.75, 3.05) is 50.6 Å². The molecule has 248 valence electrons. The Labute approximate surface area is 266 Å². The average molecular weight is 657 g/mol. The Balaban J connectivity index is 1.35. The Morgan fingerprint density at radius 3 is 2.40 bits per heavy atom. The first-order valence-corrected chi connectivity index (χ1v) is 14.4. The summed E-state index contributed by atoms with van der Waals surface area (Å²) < 4.78 is 61.0. The number of aliphatic hydroxyl groups excluding tert-OH is 1. The molecular weight excluding hydrogens is 624 g/mol. The van der Waals surface area contributed by atoms with Crippen molar-refractivity contribution in [3.05, 3.63) is 89.1 Å². The van der Waals surface area contributed by atoms with Gasteiger partial charge in [0.15, 0.2) is 11.8 Å². The molecule has 5 rings (SSSR count). The van der Waals surface area contributed by atoms with Crippen molar-refractivity contribution in [2.24, 2.45) is 5.73 Å². The van der Waals surface area contributed by atoms with Crippen LogP contribution in [-0.2, 0) is 6.54 Å². The number of aliphatic hydroxyl groups is 1. The molecular formula is C31H32F4N8O4. The van der Waals surface area contributed by atoms with E-state index < -0.39 is 35.6 Å². The molecule has 0 aliphatic carbocycles. The van der Waals surface area contributed by atoms with Gasteiger partial charge < -0.3 is 36.0 Å². The molecule has 12 nitrogen and oxygen atoms in total. The summed E-state index contributed by atoms with van der Waals surface area (Å²) in [6.45, 7) is 2.25. The molecule has 2 aromatic carbocycles. The van der Waals surface area contributed by atoms with Crippen LogP contribution in [0.4, 0.5) is 34.8 Å². The lowest BCUT2D eigenvalue weighted by atomic mass is 10.1. The minimum atomic E-state index is -4.96. The number of anilines is 3. The van der Waals surface area contributed by atoms with E-state index in [1.165, 1.54) is 42.3 Å². The number of likely N-dealkylation sites (N-methyl/N-ethyl adjacent to an activating group) is 1. The normalized spacial score (nSPS) is 14.5. The molecule has 1 fully saturated rings. The molecule has 1 aliphatic rings. The van der Waals surface area contributed by atoms with Crippen molar-refractivity contribution in [3.8, 4) is 11.4 Å². The number of halogens is 4. The third-order valence-corrected chi connectivity index (χ3v) is 7.62. The molecule has 1 saturated heterocycles. The maximum atomic E-state index is 13.7. The van der Waals surface area contributed by atoms with Crippen LogP contribution in [0.1, 0.15) is 38.2 Å². The number of aromatic nitrogens is 3. The quantitative estimate of drug-likeness (QED) is 0.188. The smallest absolute Gasteiger partial charge is 0.420 e. The summed E-state index contributed by atoms with van der Waals surface area (Å²) in [6, 6.07) is 13.1. The van der Waals surface area contributed by atoms with Gasteiger partial charge in [-0.15, -0.1) is 0 Å². The van der Waals surface area contributed by atoms with Crippen LogP contribution >= 0.6 is 0 Å². The molecule has 4 aromatic rings. The summed E-state index contributed by atoms with van der Waals surface area (Å²) in [5.74, 6) is -1.86. The molecule has 0 radical (unpaired) electrons. The van der Waals surface area contributed by atoms with Gasteiger partial charge in [0.25, 0.3) is 11.8 Å². The van der Waals surface area contributed by atoms with Gasteiger partial charge in [-0.2, -0.15) is 18.3 Å². The number of alkyl halides is 3. The molecule has 1 atom stereocenters. The lowest BCUT2D eigenvalue weighted by Gasteiger charge is -2.35. The van der Waals surface area contributed by atoms with E-state index in [0.29, 0.717) is 37.4 Å². The first-order valence-electron chi connectivity index (χ1n) is 14.4. The highest BCUT2D eigenvalue weighted by Crippen LogP contribution is 2.38. The number of nitrogens with two attached hydrogens (primary N) is 1. The van der Waals surface area contributed by atoms with Crippen molar-refractivity contribution in [1.29, 1.82) is 0 Å². The number of ether oxygens (including phenoxy) is 1. The first kappa shape index (κ1) is 33.2. The number of carbonyl (C=O) groups excluding carboxylic acids is 2. The number of carbonyl (C=O) groups is 2. The van der Waals surface area contributed by atoms with Crippen LogP contribution in [0, 0.1) is 5.82 Å². The fraction of sp³-hybridized carbons (Fsp3) is 0.290. The fourth-order valence-electron chi connectivity index (χ4n) is 5.11. The first-order chi connectivity index (χ1) is 22.3. The lowest BCUT2D eigenvalue weighted by Crippen LogP contribution is -2.45.